The molecule has 0 aromatic rings. The number of unbranched alkanes of at least 4 members (excludes halogenated alkanes) is 5. The molecule has 0 saturated heterocycles. The van der Waals surface area contributed by atoms with Crippen molar-refractivity contribution >= 4 is 0 Å². The first-order valence-corrected chi connectivity index (χ1v) is 7.82. The van der Waals surface area contributed by atoms with E-state index < -0.39 is 5.60 Å². The lowest BCUT2D eigenvalue weighted by atomic mass is 9.89. The van der Waals surface area contributed by atoms with Crippen molar-refractivity contribution in [1.29, 1.82) is 0 Å². The summed E-state index contributed by atoms with van der Waals surface area (Å²) in [4.78, 5) is 0. The summed E-state index contributed by atoms with van der Waals surface area (Å²) in [5.74, 6) is 0. The smallest absolute Gasteiger partial charge is 0.0865 e. The zero-order valence-corrected chi connectivity index (χ0v) is 13.1. The van der Waals surface area contributed by atoms with Crippen LogP contribution in [0.2, 0.25) is 0 Å². The highest BCUT2D eigenvalue weighted by molar-refractivity contribution is 5.17. The van der Waals surface area contributed by atoms with Gasteiger partial charge < -0.3 is 10.8 Å². The molecular weight excluding hydrogens is 234 g/mol. The number of hydrogen-bond donors (Lipinski definition) is 2. The van der Waals surface area contributed by atoms with E-state index in [4.69, 9.17) is 5.73 Å². The lowest BCUT2D eigenvalue weighted by molar-refractivity contribution is 0.0803. The zero-order valence-electron chi connectivity index (χ0n) is 13.1. The van der Waals surface area contributed by atoms with Crippen LogP contribution in [0.15, 0.2) is 24.3 Å². The van der Waals surface area contributed by atoms with Gasteiger partial charge in [0.1, 0.15) is 0 Å². The van der Waals surface area contributed by atoms with Crippen LogP contribution in [-0.2, 0) is 0 Å². The van der Waals surface area contributed by atoms with Crippen LogP contribution in [0.1, 0.15) is 72.1 Å². The highest BCUT2D eigenvalue weighted by Crippen LogP contribution is 2.24. The van der Waals surface area contributed by atoms with Crippen molar-refractivity contribution in [3.8, 4) is 0 Å². The van der Waals surface area contributed by atoms with Crippen LogP contribution in [0.5, 0.6) is 0 Å². The second-order valence-electron chi connectivity index (χ2n) is 5.86. The third kappa shape index (κ3) is 12.2. The van der Waals surface area contributed by atoms with Gasteiger partial charge in [0.05, 0.1) is 5.60 Å². The molecule has 1 rings (SSSR count). The maximum absolute atomic E-state index is 10.1. The lowest BCUT2D eigenvalue weighted by Gasteiger charge is -2.24. The first-order chi connectivity index (χ1) is 9.00. The van der Waals surface area contributed by atoms with Crippen molar-refractivity contribution in [3.63, 3.8) is 0 Å². The van der Waals surface area contributed by atoms with E-state index in [1.165, 1.54) is 32.1 Å². The molecule has 1 unspecified atom stereocenters. The fourth-order valence-corrected chi connectivity index (χ4v) is 2.05. The Balaban J connectivity index is 0.000000711. The van der Waals surface area contributed by atoms with Crippen molar-refractivity contribution in [2.75, 3.05) is 0 Å². The zero-order chi connectivity index (χ0) is 14.6. The Morgan fingerprint density at radius 2 is 1.68 bits per heavy atom. The Kier molecular flexibility index (Phi) is 10.9. The van der Waals surface area contributed by atoms with E-state index >= 15 is 0 Å². The summed E-state index contributed by atoms with van der Waals surface area (Å²) < 4.78 is 0. The second-order valence-corrected chi connectivity index (χ2v) is 5.86. The molecule has 0 amide bonds. The molecule has 0 spiro atoms. The predicted octanol–water partition coefficient (Wildman–Crippen LogP) is 4.34. The molecule has 2 heteroatoms. The standard InChI is InChI=1S/C14H24O.C3H9N/c1-2-3-4-5-6-8-11-14(15)12-9-7-10-13-14;1-3(2)4/h7,9-10,12,15H,2-6,8,11,13H2,1H3;3H,4H2,1-2H3. The summed E-state index contributed by atoms with van der Waals surface area (Å²) in [5.41, 5.74) is 4.57. The first-order valence-electron chi connectivity index (χ1n) is 7.82. The average Bonchev–Trinajstić information content (AvgIpc) is 2.34. The van der Waals surface area contributed by atoms with Crippen LogP contribution in [0.25, 0.3) is 0 Å². The van der Waals surface area contributed by atoms with Crippen molar-refractivity contribution in [3.05, 3.63) is 24.3 Å². The molecule has 1 aliphatic rings. The quantitative estimate of drug-likeness (QED) is 0.674. The number of aliphatic hydroxyl groups is 1. The molecule has 0 bridgehead atoms. The van der Waals surface area contributed by atoms with Crippen LogP contribution in [0, 0.1) is 0 Å². The van der Waals surface area contributed by atoms with Crippen molar-refractivity contribution < 1.29 is 5.11 Å². The number of allylic oxidation sites excluding steroid dienone is 2. The molecule has 3 N–H and O–H groups in total. The van der Waals surface area contributed by atoms with Gasteiger partial charge in [-0.15, -0.1) is 0 Å². The fourth-order valence-electron chi connectivity index (χ4n) is 2.05. The molecule has 0 aromatic heterocycles. The van der Waals surface area contributed by atoms with Gasteiger partial charge in [-0.3, -0.25) is 0 Å². The first kappa shape index (κ1) is 18.4. The molecule has 1 aliphatic carbocycles. The molecule has 0 fully saturated rings. The Hall–Kier alpha value is -0.600. The molecule has 0 radical (unpaired) electrons. The predicted molar refractivity (Wildman–Crippen MR) is 85.2 cm³/mol. The van der Waals surface area contributed by atoms with Crippen LogP contribution < -0.4 is 5.73 Å². The molecule has 0 aliphatic heterocycles. The number of nitrogens with two attached hydrogens (primary N) is 1. The van der Waals surface area contributed by atoms with E-state index in [2.05, 4.69) is 13.0 Å². The van der Waals surface area contributed by atoms with Gasteiger partial charge in [-0.25, -0.2) is 0 Å². The summed E-state index contributed by atoms with van der Waals surface area (Å²) >= 11 is 0. The molecule has 0 aromatic carbocycles. The molecule has 19 heavy (non-hydrogen) atoms. The summed E-state index contributed by atoms with van der Waals surface area (Å²) in [6.07, 6.45) is 17.4. The van der Waals surface area contributed by atoms with E-state index in [-0.39, 0.29) is 0 Å². The lowest BCUT2D eigenvalue weighted by Crippen LogP contribution is -2.25. The van der Waals surface area contributed by atoms with Crippen molar-refractivity contribution in [2.45, 2.75) is 83.8 Å². The van der Waals surface area contributed by atoms with Gasteiger partial charge in [0, 0.05) is 0 Å². The Morgan fingerprint density at radius 3 is 2.21 bits per heavy atom. The van der Waals surface area contributed by atoms with Gasteiger partial charge >= 0.3 is 0 Å². The van der Waals surface area contributed by atoms with Crippen LogP contribution in [0.4, 0.5) is 0 Å². The minimum atomic E-state index is -0.542. The molecule has 0 saturated carbocycles. The van der Waals surface area contributed by atoms with Gasteiger partial charge in [0.25, 0.3) is 0 Å². The maximum Gasteiger partial charge on any atom is 0.0865 e. The highest BCUT2D eigenvalue weighted by Gasteiger charge is 2.22. The summed E-state index contributed by atoms with van der Waals surface area (Å²) in [6.45, 7) is 6.13. The Morgan fingerprint density at radius 1 is 1.11 bits per heavy atom. The topological polar surface area (TPSA) is 46.2 Å². The third-order valence-corrected chi connectivity index (χ3v) is 3.09. The molecule has 2 nitrogen and oxygen atoms in total. The minimum absolute atomic E-state index is 0.333. The Labute approximate surface area is 119 Å². The number of rotatable bonds is 7. The maximum atomic E-state index is 10.1. The summed E-state index contributed by atoms with van der Waals surface area (Å²) in [6, 6.07) is 0.333. The van der Waals surface area contributed by atoms with Gasteiger partial charge in [0.15, 0.2) is 0 Å². The SMILES string of the molecule is CC(C)N.CCCCCCCCC1(O)C=CC=CC1. The molecule has 0 heterocycles. The van der Waals surface area contributed by atoms with Crippen LogP contribution >= 0.6 is 0 Å². The monoisotopic (exact) mass is 267 g/mol. The third-order valence-electron chi connectivity index (χ3n) is 3.09. The van der Waals surface area contributed by atoms with Crippen LogP contribution in [0.3, 0.4) is 0 Å². The van der Waals surface area contributed by atoms with E-state index in [0.29, 0.717) is 6.04 Å². The summed E-state index contributed by atoms with van der Waals surface area (Å²) in [7, 11) is 0. The molecule has 112 valence electrons. The highest BCUT2D eigenvalue weighted by atomic mass is 16.3. The van der Waals surface area contributed by atoms with Crippen LogP contribution in [-0.4, -0.2) is 16.7 Å². The van der Waals surface area contributed by atoms with Gasteiger partial charge in [-0.05, 0) is 18.9 Å². The minimum Gasteiger partial charge on any atom is -0.385 e. The van der Waals surface area contributed by atoms with Gasteiger partial charge in [-0.1, -0.05) is 83.6 Å². The van der Waals surface area contributed by atoms with Crippen molar-refractivity contribution in [1.82, 2.24) is 0 Å². The second kappa shape index (κ2) is 11.2. The van der Waals surface area contributed by atoms with E-state index in [0.717, 1.165) is 19.3 Å². The largest absolute Gasteiger partial charge is 0.385 e. The fraction of sp³-hybridized carbons (Fsp3) is 0.765. The molecule has 1 atom stereocenters. The normalized spacial score (nSPS) is 21.4. The van der Waals surface area contributed by atoms with Crippen molar-refractivity contribution in [2.24, 2.45) is 5.73 Å². The average molecular weight is 267 g/mol. The van der Waals surface area contributed by atoms with E-state index in [1.54, 1.807) is 0 Å². The van der Waals surface area contributed by atoms with E-state index in [9.17, 15) is 5.11 Å². The van der Waals surface area contributed by atoms with Gasteiger partial charge in [0.2, 0.25) is 0 Å². The van der Waals surface area contributed by atoms with E-state index in [1.807, 2.05) is 32.1 Å². The Bertz CT molecular complexity index is 255. The summed E-state index contributed by atoms with van der Waals surface area (Å²) in [5, 5.41) is 10.1. The molecular formula is C17H33NO. The van der Waals surface area contributed by atoms with Gasteiger partial charge in [-0.2, -0.15) is 0 Å². The number of hydrogen-bond acceptors (Lipinski definition) is 2.